The van der Waals surface area contributed by atoms with Crippen molar-refractivity contribution in [2.24, 2.45) is 0 Å². The van der Waals surface area contributed by atoms with E-state index in [0.717, 1.165) is 62.0 Å². The summed E-state index contributed by atoms with van der Waals surface area (Å²) in [6.45, 7) is 5.23. The van der Waals surface area contributed by atoms with Crippen LogP contribution in [-0.2, 0) is 22.4 Å². The van der Waals surface area contributed by atoms with E-state index in [4.69, 9.17) is 4.74 Å². The summed E-state index contributed by atoms with van der Waals surface area (Å²) in [4.78, 5) is 28.7. The van der Waals surface area contributed by atoms with Crippen molar-refractivity contribution < 1.29 is 14.3 Å². The van der Waals surface area contributed by atoms with Crippen LogP contribution in [0.1, 0.15) is 69.5 Å². The Hall–Kier alpha value is -2.19. The van der Waals surface area contributed by atoms with E-state index in [9.17, 15) is 9.59 Å². The monoisotopic (exact) mass is 416 g/mol. The number of esters is 1. The first-order valence-electron chi connectivity index (χ1n) is 10.3. The van der Waals surface area contributed by atoms with Crippen molar-refractivity contribution in [3.63, 3.8) is 0 Å². The van der Waals surface area contributed by atoms with E-state index in [1.54, 1.807) is 0 Å². The first-order chi connectivity index (χ1) is 14.0. The minimum atomic E-state index is -0.358. The summed E-state index contributed by atoms with van der Waals surface area (Å²) in [7, 11) is 1.39. The van der Waals surface area contributed by atoms with Gasteiger partial charge in [0.05, 0.1) is 24.9 Å². The lowest BCUT2D eigenvalue weighted by molar-refractivity contribution is -0.117. The van der Waals surface area contributed by atoms with E-state index in [0.29, 0.717) is 17.1 Å². The van der Waals surface area contributed by atoms with E-state index < -0.39 is 0 Å². The Morgan fingerprint density at radius 2 is 2.07 bits per heavy atom. The highest BCUT2D eigenvalue weighted by Gasteiger charge is 2.32. The van der Waals surface area contributed by atoms with Gasteiger partial charge in [0.15, 0.2) is 0 Å². The van der Waals surface area contributed by atoms with Crippen LogP contribution in [0.4, 0.5) is 5.00 Å². The van der Waals surface area contributed by atoms with Gasteiger partial charge >= 0.3 is 5.97 Å². The number of amides is 1. The van der Waals surface area contributed by atoms with Gasteiger partial charge in [0.2, 0.25) is 5.91 Å². The Labute approximate surface area is 174 Å². The Morgan fingerprint density at radius 3 is 2.79 bits per heavy atom. The number of hydrogen-bond acceptors (Lipinski definition) is 6. The van der Waals surface area contributed by atoms with Crippen LogP contribution in [0.5, 0.6) is 0 Å². The Balaban J connectivity index is 1.51. The number of fused-ring (bicyclic) bond motifs is 1. The molecule has 1 atom stereocenters. The van der Waals surface area contributed by atoms with E-state index in [2.05, 4.69) is 20.4 Å². The first-order valence-corrected chi connectivity index (χ1v) is 11.1. The van der Waals surface area contributed by atoms with Crippen molar-refractivity contribution in [2.75, 3.05) is 25.5 Å². The molecule has 2 aromatic heterocycles. The normalized spacial score (nSPS) is 19.2. The third-order valence-electron chi connectivity index (χ3n) is 6.04. The molecule has 1 saturated heterocycles. The number of hydrogen-bond donors (Lipinski definition) is 2. The number of carbonyl (C=O) groups is 2. The third-order valence-corrected chi connectivity index (χ3v) is 7.25. The fourth-order valence-corrected chi connectivity index (χ4v) is 6.01. The lowest BCUT2D eigenvalue weighted by atomic mass is 9.95. The molecule has 8 heteroatoms. The van der Waals surface area contributed by atoms with E-state index in [-0.39, 0.29) is 17.9 Å². The molecule has 1 fully saturated rings. The summed E-state index contributed by atoms with van der Waals surface area (Å²) >= 11 is 1.53. The summed E-state index contributed by atoms with van der Waals surface area (Å²) in [5.41, 5.74) is 4.89. The van der Waals surface area contributed by atoms with Crippen LogP contribution < -0.4 is 5.32 Å². The predicted molar refractivity (Wildman–Crippen MR) is 113 cm³/mol. The molecule has 1 amide bonds. The van der Waals surface area contributed by atoms with Crippen LogP contribution in [-0.4, -0.2) is 47.2 Å². The number of ether oxygens (including phenoxy) is 1. The number of methoxy groups -OCH3 is 1. The van der Waals surface area contributed by atoms with Crippen LogP contribution in [0.2, 0.25) is 0 Å². The number of anilines is 1. The number of H-pyrrole nitrogens is 1. The Kier molecular flexibility index (Phi) is 5.74. The Morgan fingerprint density at radius 1 is 1.28 bits per heavy atom. The number of nitrogens with zero attached hydrogens (tertiary/aromatic N) is 2. The molecular formula is C21H28N4O3S. The molecular weight excluding hydrogens is 388 g/mol. The lowest BCUT2D eigenvalue weighted by Gasteiger charge is -2.24. The van der Waals surface area contributed by atoms with Crippen molar-refractivity contribution in [3.05, 3.63) is 33.0 Å². The minimum Gasteiger partial charge on any atom is -0.465 e. The fourth-order valence-electron chi connectivity index (χ4n) is 4.72. The van der Waals surface area contributed by atoms with Crippen LogP contribution >= 0.6 is 11.3 Å². The molecule has 1 aliphatic carbocycles. The second kappa shape index (κ2) is 8.28. The minimum absolute atomic E-state index is 0.0838. The second-order valence-corrected chi connectivity index (χ2v) is 9.04. The van der Waals surface area contributed by atoms with Gasteiger partial charge in [-0.15, -0.1) is 11.3 Å². The van der Waals surface area contributed by atoms with E-state index >= 15 is 0 Å². The average Bonchev–Trinajstić information content (AvgIpc) is 3.38. The molecule has 1 aliphatic heterocycles. The van der Waals surface area contributed by atoms with Gasteiger partial charge in [-0.2, -0.15) is 5.10 Å². The number of thiophene rings is 1. The van der Waals surface area contributed by atoms with Crippen LogP contribution in [0.3, 0.4) is 0 Å². The highest BCUT2D eigenvalue weighted by atomic mass is 32.1. The number of aromatic nitrogens is 2. The topological polar surface area (TPSA) is 87.3 Å². The zero-order valence-electron chi connectivity index (χ0n) is 17.3. The largest absolute Gasteiger partial charge is 0.465 e. The van der Waals surface area contributed by atoms with Crippen molar-refractivity contribution in [1.29, 1.82) is 0 Å². The van der Waals surface area contributed by atoms with Crippen LogP contribution in [0.25, 0.3) is 0 Å². The molecule has 0 unspecified atom stereocenters. The average molecular weight is 417 g/mol. The maximum Gasteiger partial charge on any atom is 0.341 e. The molecule has 2 aromatic rings. The molecule has 0 radical (unpaired) electrons. The standard InChI is InChI=1S/C21H28N4O3S/c1-12-18(13(2)24-23-12)15-8-6-10-25(15)11-17(26)22-20-19(21(27)28-3)14-7-4-5-9-16(14)29-20/h15H,4-11H2,1-3H3,(H,22,26)(H,23,24)/t15-/m1/s1. The molecule has 7 nitrogen and oxygen atoms in total. The SMILES string of the molecule is COC(=O)c1c(NC(=O)CN2CCC[C@@H]2c2c(C)n[nH]c2C)sc2c1CCCC2. The van der Waals surface area contributed by atoms with Crippen molar-refractivity contribution in [1.82, 2.24) is 15.1 Å². The van der Waals surface area contributed by atoms with Crippen LogP contribution in [0.15, 0.2) is 0 Å². The number of carbonyl (C=O) groups excluding carboxylic acids is 2. The van der Waals surface area contributed by atoms with E-state index in [1.807, 2.05) is 13.8 Å². The molecule has 4 rings (SSSR count). The molecule has 0 spiro atoms. The zero-order chi connectivity index (χ0) is 20.5. The highest BCUT2D eigenvalue weighted by Crippen LogP contribution is 2.39. The van der Waals surface area contributed by atoms with Crippen molar-refractivity contribution >= 4 is 28.2 Å². The molecule has 156 valence electrons. The van der Waals surface area contributed by atoms with Gasteiger partial charge in [-0.05, 0) is 64.5 Å². The first kappa shape index (κ1) is 20.1. The lowest BCUT2D eigenvalue weighted by Crippen LogP contribution is -2.33. The molecule has 3 heterocycles. The van der Waals surface area contributed by atoms with Gasteiger partial charge in [0.25, 0.3) is 0 Å². The zero-order valence-corrected chi connectivity index (χ0v) is 18.1. The summed E-state index contributed by atoms with van der Waals surface area (Å²) in [6.07, 6.45) is 6.12. The fraction of sp³-hybridized carbons (Fsp3) is 0.571. The molecule has 2 N–H and O–H groups in total. The number of aryl methyl sites for hydroxylation is 3. The van der Waals surface area contributed by atoms with Gasteiger partial charge in [-0.1, -0.05) is 0 Å². The molecule has 29 heavy (non-hydrogen) atoms. The summed E-state index contributed by atoms with van der Waals surface area (Å²) in [5, 5.41) is 11.0. The van der Waals surface area contributed by atoms with Gasteiger partial charge in [-0.3, -0.25) is 14.8 Å². The molecule has 0 aromatic carbocycles. The molecule has 0 saturated carbocycles. The van der Waals surface area contributed by atoms with Gasteiger partial charge in [0, 0.05) is 22.2 Å². The summed E-state index contributed by atoms with van der Waals surface area (Å²) in [5.74, 6) is -0.442. The van der Waals surface area contributed by atoms with Gasteiger partial charge in [0.1, 0.15) is 5.00 Å². The predicted octanol–water partition coefficient (Wildman–Crippen LogP) is 3.53. The van der Waals surface area contributed by atoms with Crippen molar-refractivity contribution in [2.45, 2.75) is 58.4 Å². The number of rotatable bonds is 5. The maximum absolute atomic E-state index is 12.9. The van der Waals surface area contributed by atoms with Gasteiger partial charge < -0.3 is 10.1 Å². The van der Waals surface area contributed by atoms with E-state index in [1.165, 1.54) is 28.9 Å². The number of aromatic amines is 1. The molecule has 2 aliphatic rings. The maximum atomic E-state index is 12.9. The highest BCUT2D eigenvalue weighted by molar-refractivity contribution is 7.17. The van der Waals surface area contributed by atoms with Crippen LogP contribution in [0, 0.1) is 13.8 Å². The number of likely N-dealkylation sites (tertiary alicyclic amines) is 1. The quantitative estimate of drug-likeness (QED) is 0.728. The third kappa shape index (κ3) is 3.83. The number of nitrogens with one attached hydrogen (secondary N) is 2. The van der Waals surface area contributed by atoms with Gasteiger partial charge in [-0.25, -0.2) is 4.79 Å². The summed E-state index contributed by atoms with van der Waals surface area (Å²) in [6, 6.07) is 0.205. The molecule has 0 bridgehead atoms. The van der Waals surface area contributed by atoms with Crippen molar-refractivity contribution in [3.8, 4) is 0 Å². The second-order valence-electron chi connectivity index (χ2n) is 7.93. The summed E-state index contributed by atoms with van der Waals surface area (Å²) < 4.78 is 5.00. The Bertz CT molecular complexity index is 913. The smallest absolute Gasteiger partial charge is 0.341 e.